The molecule has 0 bridgehead atoms. The third-order valence-corrected chi connectivity index (χ3v) is 1.18. The van der Waals surface area contributed by atoms with E-state index >= 15 is 0 Å². The molecule has 1 rings (SSSR count). The van der Waals surface area contributed by atoms with Gasteiger partial charge in [-0.1, -0.05) is 12.1 Å². The van der Waals surface area contributed by atoms with Crippen molar-refractivity contribution in [2.75, 3.05) is 0 Å². The van der Waals surface area contributed by atoms with Crippen LogP contribution in [0.15, 0.2) is 24.3 Å². The third kappa shape index (κ3) is 7.66. The molecule has 0 fully saturated rings. The summed E-state index contributed by atoms with van der Waals surface area (Å²) in [4.78, 5) is 10.5. The molecule has 1 radical (unpaired) electrons. The van der Waals surface area contributed by atoms with Gasteiger partial charge in [0.1, 0.15) is 5.75 Å². The third-order valence-electron chi connectivity index (χ3n) is 1.18. The molecule has 0 heterocycles. The van der Waals surface area contributed by atoms with Crippen LogP contribution in [-0.4, -0.2) is 5.97 Å². The summed E-state index contributed by atoms with van der Waals surface area (Å²) in [7, 11) is 0. The van der Waals surface area contributed by atoms with Gasteiger partial charge in [0, 0.05) is 6.92 Å². The Morgan fingerprint density at radius 2 is 1.79 bits per heavy atom. The molecule has 0 atom stereocenters. The van der Waals surface area contributed by atoms with E-state index in [0.29, 0.717) is 5.75 Å². The van der Waals surface area contributed by atoms with Gasteiger partial charge in [-0.3, -0.25) is 4.79 Å². The normalized spacial score (nSPS) is 8.00. The van der Waals surface area contributed by atoms with Gasteiger partial charge >= 0.3 is 46.4 Å². The zero-order valence-corrected chi connectivity index (χ0v) is 13.9. The second-order valence-corrected chi connectivity index (χ2v) is 16.4. The summed E-state index contributed by atoms with van der Waals surface area (Å²) in [5, 5.41) is 0. The van der Waals surface area contributed by atoms with Gasteiger partial charge in [-0.2, -0.15) is 0 Å². The summed E-state index contributed by atoms with van der Waals surface area (Å²) in [5.41, 5.74) is 0.904. The smallest absolute Gasteiger partial charge is 0.308 e. The Morgan fingerprint density at radius 1 is 1.36 bits per heavy atom. The van der Waals surface area contributed by atoms with Crippen LogP contribution in [0.5, 0.6) is 5.75 Å². The molecule has 0 unspecified atom stereocenters. The summed E-state index contributed by atoms with van der Waals surface area (Å²) in [5.74, 6) is 0.256. The van der Waals surface area contributed by atoms with E-state index in [1.165, 1.54) is 6.92 Å². The van der Waals surface area contributed by atoms with E-state index in [9.17, 15) is 4.79 Å². The maximum absolute atomic E-state index is 10.5. The van der Waals surface area contributed by atoms with Crippen LogP contribution >= 0.6 is 27.2 Å². The Kier molecular flexibility index (Phi) is 8.74. The van der Waals surface area contributed by atoms with Crippen LogP contribution in [-0.2, 0) is 18.0 Å². The van der Waals surface area contributed by atoms with Gasteiger partial charge < -0.3 is 4.74 Å². The number of ether oxygens (including phenoxy) is 1. The molecule has 14 heavy (non-hydrogen) atoms. The van der Waals surface area contributed by atoms with Crippen molar-refractivity contribution < 1.29 is 22.7 Å². The van der Waals surface area contributed by atoms with E-state index in [-0.39, 0.29) is 19.2 Å². The molecular formula is C9H9Br2O2Zn. The zero-order chi connectivity index (χ0) is 11.0. The van der Waals surface area contributed by atoms with Gasteiger partial charge in [0.2, 0.25) is 0 Å². The van der Waals surface area contributed by atoms with Crippen LogP contribution in [0.25, 0.3) is 0 Å². The summed E-state index contributed by atoms with van der Waals surface area (Å²) in [6.07, 6.45) is 0. The van der Waals surface area contributed by atoms with Crippen molar-refractivity contribution in [3.8, 4) is 5.75 Å². The molecular weight excluding hydrogens is 365 g/mol. The first-order chi connectivity index (χ1) is 6.60. The standard InChI is InChI=1S/C9H9O2.2BrH.Zn/c1-7-3-5-9(6-4-7)11-8(2)10;;;/h3-6H,1H2,2H3;2*1H;/q;;;+2/p-2. The molecule has 0 spiro atoms. The van der Waals surface area contributed by atoms with Gasteiger partial charge in [0.25, 0.3) is 0 Å². The first kappa shape index (κ1) is 14.3. The molecule has 5 heteroatoms. The Hall–Kier alpha value is 0.273. The monoisotopic (exact) mass is 371 g/mol. The SMILES string of the molecule is [Br][Zn][Br].[CH2]c1ccc(OC(C)=O)cc1. The fourth-order valence-corrected chi connectivity index (χ4v) is 0.723. The van der Waals surface area contributed by atoms with Crippen LogP contribution < -0.4 is 4.74 Å². The topological polar surface area (TPSA) is 26.3 Å². The van der Waals surface area contributed by atoms with Crippen molar-refractivity contribution in [1.29, 1.82) is 0 Å². The molecule has 1 aromatic carbocycles. The van der Waals surface area contributed by atoms with E-state index in [1.807, 2.05) is 0 Å². The zero-order valence-electron chi connectivity index (χ0n) is 7.80. The number of carbonyl (C=O) groups excluding carboxylic acids is 1. The Labute approximate surface area is 105 Å². The summed E-state index contributed by atoms with van der Waals surface area (Å²) >= 11 is 6.25. The number of rotatable bonds is 1. The van der Waals surface area contributed by atoms with Crippen molar-refractivity contribution in [3.05, 3.63) is 36.8 Å². The number of hydrogen-bond acceptors (Lipinski definition) is 2. The van der Waals surface area contributed by atoms with Gasteiger partial charge in [-0.05, 0) is 24.6 Å². The van der Waals surface area contributed by atoms with Crippen molar-refractivity contribution in [3.63, 3.8) is 0 Å². The van der Waals surface area contributed by atoms with E-state index in [2.05, 4.69) is 34.2 Å². The molecule has 1 aromatic rings. The average molecular weight is 374 g/mol. The fourth-order valence-electron chi connectivity index (χ4n) is 0.723. The Balaban J connectivity index is 0.000000500. The number of esters is 1. The van der Waals surface area contributed by atoms with Crippen LogP contribution in [0.2, 0.25) is 0 Å². The predicted molar refractivity (Wildman–Crippen MR) is 60.1 cm³/mol. The van der Waals surface area contributed by atoms with E-state index in [1.54, 1.807) is 24.3 Å². The number of benzene rings is 1. The van der Waals surface area contributed by atoms with Crippen molar-refractivity contribution in [2.24, 2.45) is 0 Å². The first-order valence-corrected chi connectivity index (χ1v) is 17.7. The van der Waals surface area contributed by atoms with Crippen LogP contribution in [0, 0.1) is 6.92 Å². The van der Waals surface area contributed by atoms with Crippen molar-refractivity contribution >= 4 is 33.2 Å². The first-order valence-electron chi connectivity index (χ1n) is 3.82. The molecule has 0 amide bonds. The van der Waals surface area contributed by atoms with Crippen molar-refractivity contribution in [2.45, 2.75) is 6.92 Å². The van der Waals surface area contributed by atoms with Gasteiger partial charge in [-0.25, -0.2) is 0 Å². The average Bonchev–Trinajstić information content (AvgIpc) is 2.09. The second-order valence-electron chi connectivity index (χ2n) is 2.34. The second kappa shape index (κ2) is 8.57. The van der Waals surface area contributed by atoms with Gasteiger partial charge in [0.15, 0.2) is 0 Å². The van der Waals surface area contributed by atoms with Gasteiger partial charge in [0.05, 0.1) is 0 Å². The predicted octanol–water partition coefficient (Wildman–Crippen LogP) is 3.48. The molecule has 0 saturated carbocycles. The van der Waals surface area contributed by atoms with Crippen LogP contribution in [0.3, 0.4) is 0 Å². The Morgan fingerprint density at radius 3 is 2.14 bits per heavy atom. The Bertz CT molecular complexity index is 275. The van der Waals surface area contributed by atoms with Crippen LogP contribution in [0.1, 0.15) is 12.5 Å². The number of carbonyl (C=O) groups is 1. The quantitative estimate of drug-likeness (QED) is 0.427. The minimum absolute atomic E-state index is 0.250. The van der Waals surface area contributed by atoms with E-state index < -0.39 is 0 Å². The summed E-state index contributed by atoms with van der Waals surface area (Å²) in [6, 6.07) is 7.00. The molecule has 0 aliphatic heterocycles. The minimum Gasteiger partial charge on any atom is -0.427 e. The maximum Gasteiger partial charge on any atom is 0.308 e. The van der Waals surface area contributed by atoms with Crippen molar-refractivity contribution in [1.82, 2.24) is 0 Å². The summed E-state index contributed by atoms with van der Waals surface area (Å²) in [6.45, 7) is 5.07. The molecule has 0 aromatic heterocycles. The fraction of sp³-hybridized carbons (Fsp3) is 0.111. The minimum atomic E-state index is -0.304. The van der Waals surface area contributed by atoms with E-state index in [4.69, 9.17) is 4.74 Å². The maximum atomic E-state index is 10.5. The summed E-state index contributed by atoms with van der Waals surface area (Å²) < 4.78 is 4.80. The van der Waals surface area contributed by atoms with Crippen LogP contribution in [0.4, 0.5) is 0 Å². The molecule has 0 N–H and O–H groups in total. The van der Waals surface area contributed by atoms with Gasteiger partial charge in [-0.15, -0.1) is 0 Å². The molecule has 0 saturated heterocycles. The molecule has 0 aliphatic carbocycles. The largest absolute Gasteiger partial charge is 0.427 e. The molecule has 0 aliphatic rings. The number of hydrogen-bond donors (Lipinski definition) is 0. The molecule has 73 valence electrons. The number of halogens is 2. The van der Waals surface area contributed by atoms with E-state index in [0.717, 1.165) is 5.56 Å². The molecule has 2 nitrogen and oxygen atoms in total.